The van der Waals surface area contributed by atoms with Crippen LogP contribution in [0.2, 0.25) is 0 Å². The van der Waals surface area contributed by atoms with Crippen LogP contribution in [0.25, 0.3) is 5.70 Å². The molecule has 0 aliphatic carbocycles. The predicted molar refractivity (Wildman–Crippen MR) is 61.6 cm³/mol. The molecule has 0 aliphatic heterocycles. The van der Waals surface area contributed by atoms with E-state index in [4.69, 9.17) is 15.1 Å². The highest BCUT2D eigenvalue weighted by molar-refractivity contribution is 5.99. The summed E-state index contributed by atoms with van der Waals surface area (Å²) in [5.74, 6) is 0.101. The van der Waals surface area contributed by atoms with Gasteiger partial charge in [0.2, 0.25) is 5.91 Å². The Morgan fingerprint density at radius 2 is 2.47 bits per heavy atom. The van der Waals surface area contributed by atoms with Gasteiger partial charge in [0.25, 0.3) is 0 Å². The first kappa shape index (κ1) is 12.5. The summed E-state index contributed by atoms with van der Waals surface area (Å²) in [6, 6.07) is 3.32. The Morgan fingerprint density at radius 3 is 3.00 bits per heavy atom. The molecule has 1 heterocycles. The summed E-state index contributed by atoms with van der Waals surface area (Å²) < 4.78 is 5.13. The third-order valence-corrected chi connectivity index (χ3v) is 1.86. The lowest BCUT2D eigenvalue weighted by atomic mass is 10.3. The normalized spacial score (nSPS) is 10.5. The van der Waals surface area contributed by atoms with Crippen LogP contribution in [0.3, 0.4) is 0 Å². The van der Waals surface area contributed by atoms with Crippen molar-refractivity contribution in [2.24, 2.45) is 0 Å². The van der Waals surface area contributed by atoms with Crippen molar-refractivity contribution >= 4 is 17.4 Å². The van der Waals surface area contributed by atoms with Crippen molar-refractivity contribution in [3.8, 4) is 6.19 Å². The molecule has 0 unspecified atom stereocenters. The van der Waals surface area contributed by atoms with Crippen LogP contribution in [0.4, 0.5) is 0 Å². The van der Waals surface area contributed by atoms with Crippen LogP contribution in [0.15, 0.2) is 28.9 Å². The van der Waals surface area contributed by atoms with Gasteiger partial charge in [-0.2, -0.15) is 5.26 Å². The van der Waals surface area contributed by atoms with Crippen LogP contribution >= 0.6 is 0 Å². The zero-order valence-electron chi connectivity index (χ0n) is 9.28. The molecular formula is C11H12N4O2. The molecule has 1 aromatic heterocycles. The zero-order valence-corrected chi connectivity index (χ0v) is 9.28. The first-order chi connectivity index (χ1) is 8.17. The third-order valence-electron chi connectivity index (χ3n) is 1.86. The van der Waals surface area contributed by atoms with Gasteiger partial charge in [-0.1, -0.05) is 6.92 Å². The Bertz CT molecular complexity index is 468. The first-order valence-corrected chi connectivity index (χ1v) is 4.96. The van der Waals surface area contributed by atoms with Gasteiger partial charge >= 0.3 is 0 Å². The van der Waals surface area contributed by atoms with Gasteiger partial charge in [0.05, 0.1) is 12.0 Å². The van der Waals surface area contributed by atoms with Crippen LogP contribution in [0.5, 0.6) is 0 Å². The van der Waals surface area contributed by atoms with Crippen molar-refractivity contribution < 1.29 is 9.21 Å². The molecule has 0 saturated heterocycles. The van der Waals surface area contributed by atoms with E-state index in [1.807, 2.05) is 0 Å². The average Bonchev–Trinajstić information content (AvgIpc) is 2.81. The number of hydrogen-bond donors (Lipinski definition) is 3. The molecule has 0 aliphatic rings. The van der Waals surface area contributed by atoms with Gasteiger partial charge in [0, 0.05) is 12.5 Å². The summed E-state index contributed by atoms with van der Waals surface area (Å²) in [6.45, 7) is 1.72. The van der Waals surface area contributed by atoms with Crippen molar-refractivity contribution in [1.29, 1.82) is 10.7 Å². The van der Waals surface area contributed by atoms with E-state index in [0.29, 0.717) is 17.9 Å². The molecule has 0 bridgehead atoms. The van der Waals surface area contributed by atoms with E-state index in [9.17, 15) is 4.79 Å². The second-order valence-corrected chi connectivity index (χ2v) is 3.09. The molecule has 3 N–H and O–H groups in total. The molecular weight excluding hydrogens is 220 g/mol. The zero-order chi connectivity index (χ0) is 12.7. The number of hydrogen-bond acceptors (Lipinski definition) is 4. The molecule has 6 nitrogen and oxygen atoms in total. The Labute approximate surface area is 98.4 Å². The quantitative estimate of drug-likeness (QED) is 0.314. The number of nitrogens with one attached hydrogen (secondary N) is 3. The number of carbonyl (C=O) groups excluding carboxylic acids is 1. The number of nitriles is 1. The number of carbonyl (C=O) groups is 1. The lowest BCUT2D eigenvalue weighted by Gasteiger charge is -2.06. The van der Waals surface area contributed by atoms with Gasteiger partial charge in [0.15, 0.2) is 6.19 Å². The second-order valence-electron chi connectivity index (χ2n) is 3.09. The number of amides is 1. The van der Waals surface area contributed by atoms with E-state index in [2.05, 4.69) is 10.6 Å². The molecule has 0 radical (unpaired) electrons. The van der Waals surface area contributed by atoms with Crippen LogP contribution in [0.1, 0.15) is 19.1 Å². The summed E-state index contributed by atoms with van der Waals surface area (Å²) in [4.78, 5) is 11.3. The van der Waals surface area contributed by atoms with Crippen molar-refractivity contribution in [2.45, 2.75) is 13.3 Å². The van der Waals surface area contributed by atoms with Gasteiger partial charge < -0.3 is 9.73 Å². The highest BCUT2D eigenvalue weighted by Gasteiger charge is 2.08. The molecule has 1 aromatic rings. The molecule has 0 atom stereocenters. The van der Waals surface area contributed by atoms with Crippen molar-refractivity contribution in [3.63, 3.8) is 0 Å². The number of furan rings is 1. The van der Waals surface area contributed by atoms with Gasteiger partial charge in [0.1, 0.15) is 11.6 Å². The monoisotopic (exact) mass is 232 g/mol. The minimum absolute atomic E-state index is 0.129. The van der Waals surface area contributed by atoms with Gasteiger partial charge in [-0.25, -0.2) is 0 Å². The fourth-order valence-electron chi connectivity index (χ4n) is 1.08. The smallest absolute Gasteiger partial charge is 0.224 e. The van der Waals surface area contributed by atoms with Crippen molar-refractivity contribution in [3.05, 3.63) is 30.2 Å². The Kier molecular flexibility index (Phi) is 4.51. The van der Waals surface area contributed by atoms with E-state index in [1.54, 1.807) is 25.2 Å². The topological polar surface area (TPSA) is 102 Å². The van der Waals surface area contributed by atoms with E-state index in [0.717, 1.165) is 0 Å². The van der Waals surface area contributed by atoms with Crippen LogP contribution in [-0.4, -0.2) is 11.7 Å². The van der Waals surface area contributed by atoms with Gasteiger partial charge in [-0.3, -0.25) is 15.5 Å². The molecule has 0 fully saturated rings. The average molecular weight is 232 g/mol. The lowest BCUT2D eigenvalue weighted by molar-refractivity contribution is -0.119. The summed E-state index contributed by atoms with van der Waals surface area (Å²) in [5.41, 5.74) is 0.342. The maximum absolute atomic E-state index is 11.3. The summed E-state index contributed by atoms with van der Waals surface area (Å²) in [7, 11) is 0. The molecule has 88 valence electrons. The Balaban J connectivity index is 2.91. The van der Waals surface area contributed by atoms with Crippen molar-refractivity contribution in [1.82, 2.24) is 10.6 Å². The molecule has 0 aromatic carbocycles. The van der Waals surface area contributed by atoms with E-state index in [-0.39, 0.29) is 11.7 Å². The van der Waals surface area contributed by atoms with Crippen molar-refractivity contribution in [2.75, 3.05) is 0 Å². The largest absolute Gasteiger partial charge is 0.463 e. The minimum atomic E-state index is -0.197. The highest BCUT2D eigenvalue weighted by Crippen LogP contribution is 2.11. The predicted octanol–water partition coefficient (Wildman–Crippen LogP) is 1.19. The summed E-state index contributed by atoms with van der Waals surface area (Å²) in [6.07, 6.45) is 4.72. The number of nitrogens with zero attached hydrogens (tertiary/aromatic N) is 1. The maximum atomic E-state index is 11.3. The first-order valence-electron chi connectivity index (χ1n) is 4.96. The Morgan fingerprint density at radius 1 is 1.71 bits per heavy atom. The van der Waals surface area contributed by atoms with E-state index >= 15 is 0 Å². The third kappa shape index (κ3) is 3.83. The maximum Gasteiger partial charge on any atom is 0.224 e. The van der Waals surface area contributed by atoms with Crippen LogP contribution in [0, 0.1) is 16.9 Å². The highest BCUT2D eigenvalue weighted by atomic mass is 16.3. The lowest BCUT2D eigenvalue weighted by Crippen LogP contribution is -2.23. The fraction of sp³-hybridized carbons (Fsp3) is 0.182. The number of rotatable bonds is 4. The summed E-state index contributed by atoms with van der Waals surface area (Å²) >= 11 is 0. The molecule has 1 amide bonds. The van der Waals surface area contributed by atoms with E-state index in [1.165, 1.54) is 12.3 Å². The molecule has 6 heteroatoms. The van der Waals surface area contributed by atoms with Crippen LogP contribution < -0.4 is 10.6 Å². The fourth-order valence-corrected chi connectivity index (χ4v) is 1.08. The number of amidine groups is 1. The van der Waals surface area contributed by atoms with E-state index < -0.39 is 0 Å². The van der Waals surface area contributed by atoms with Crippen LogP contribution in [-0.2, 0) is 4.79 Å². The molecule has 1 rings (SSSR count). The SMILES string of the molecule is CCC(=O)NC(=CC(=N)NC#N)c1ccco1. The molecule has 0 spiro atoms. The minimum Gasteiger partial charge on any atom is -0.463 e. The second kappa shape index (κ2) is 6.12. The molecule has 0 saturated carbocycles. The summed E-state index contributed by atoms with van der Waals surface area (Å²) in [5, 5.41) is 20.5. The van der Waals surface area contributed by atoms with Gasteiger partial charge in [-0.15, -0.1) is 0 Å². The van der Waals surface area contributed by atoms with Gasteiger partial charge in [-0.05, 0) is 12.1 Å². The standard InChI is InChI=1S/C11H12N4O2/c1-2-11(16)15-8(6-10(13)14-7-12)9-4-3-5-17-9/h3-6H,2H2,1H3,(H2,13,14)(H,15,16). The Hall–Kier alpha value is -2.55. The molecule has 17 heavy (non-hydrogen) atoms.